The highest BCUT2D eigenvalue weighted by atomic mass is 15.4. The van der Waals surface area contributed by atoms with Gasteiger partial charge in [0, 0.05) is 43.6 Å². The van der Waals surface area contributed by atoms with E-state index in [0.717, 1.165) is 31.0 Å². The number of aryl methyl sites for hydroxylation is 1. The fourth-order valence-corrected chi connectivity index (χ4v) is 3.61. The third kappa shape index (κ3) is 3.04. The van der Waals surface area contributed by atoms with E-state index >= 15 is 0 Å². The molecule has 3 aromatic rings. The Kier molecular flexibility index (Phi) is 4.26. The molecule has 1 fully saturated rings. The molecule has 0 bridgehead atoms. The van der Waals surface area contributed by atoms with Gasteiger partial charge in [-0.15, -0.1) is 0 Å². The molecule has 0 spiro atoms. The molecule has 1 aromatic carbocycles. The van der Waals surface area contributed by atoms with Gasteiger partial charge in [-0.05, 0) is 31.4 Å². The molecular weight excluding hydrogens is 312 g/mol. The van der Waals surface area contributed by atoms with Gasteiger partial charge in [-0.3, -0.25) is 0 Å². The van der Waals surface area contributed by atoms with Crippen molar-refractivity contribution in [2.45, 2.75) is 32.2 Å². The van der Waals surface area contributed by atoms with Crippen LogP contribution >= 0.6 is 0 Å². The number of fused-ring (bicyclic) bond motifs is 1. The van der Waals surface area contributed by atoms with Crippen LogP contribution in [-0.2, 0) is 6.42 Å². The molecule has 6 heteroatoms. The number of nitrogens with zero attached hydrogens (tertiary/aromatic N) is 6. The Morgan fingerprint density at radius 3 is 2.88 bits per heavy atom. The fraction of sp³-hybridized carbons (Fsp3) is 0.421. The van der Waals surface area contributed by atoms with Crippen LogP contribution in [0, 0.1) is 0 Å². The first kappa shape index (κ1) is 15.9. The first-order valence-electron chi connectivity index (χ1n) is 8.98. The Hall–Kier alpha value is -2.63. The first-order valence-corrected chi connectivity index (χ1v) is 8.98. The van der Waals surface area contributed by atoms with E-state index in [0.29, 0.717) is 11.8 Å². The molecule has 0 amide bonds. The van der Waals surface area contributed by atoms with E-state index in [1.54, 1.807) is 6.33 Å². The van der Waals surface area contributed by atoms with E-state index in [1.165, 1.54) is 18.5 Å². The minimum absolute atomic E-state index is 0.438. The number of para-hydroxylation sites is 1. The topological polar surface area (TPSA) is 49.6 Å². The van der Waals surface area contributed by atoms with E-state index in [2.05, 4.69) is 75.2 Å². The quantitative estimate of drug-likeness (QED) is 0.733. The van der Waals surface area contributed by atoms with Crippen molar-refractivity contribution in [3.8, 4) is 0 Å². The average Bonchev–Trinajstić information content (AvgIpc) is 3.16. The molecule has 2 aromatic heterocycles. The van der Waals surface area contributed by atoms with Crippen molar-refractivity contribution in [3.05, 3.63) is 48.4 Å². The van der Waals surface area contributed by atoms with Crippen LogP contribution in [0.15, 0.2) is 42.7 Å². The SMILES string of the molecule is CCc1cc(N(C)C2CCCN(c3ccccc3)C2)n2ncnc2n1. The molecule has 25 heavy (non-hydrogen) atoms. The van der Waals surface area contributed by atoms with Crippen LogP contribution in [-0.4, -0.2) is 45.8 Å². The molecule has 0 aliphatic carbocycles. The summed E-state index contributed by atoms with van der Waals surface area (Å²) in [6, 6.07) is 13.3. The van der Waals surface area contributed by atoms with Crippen molar-refractivity contribution >= 4 is 17.3 Å². The molecule has 0 radical (unpaired) electrons. The molecular formula is C19H24N6. The van der Waals surface area contributed by atoms with E-state index in [-0.39, 0.29) is 0 Å². The number of aromatic nitrogens is 4. The Bertz CT molecular complexity index is 844. The summed E-state index contributed by atoms with van der Waals surface area (Å²) in [5.74, 6) is 1.75. The zero-order valence-corrected chi connectivity index (χ0v) is 14.8. The molecule has 1 saturated heterocycles. The van der Waals surface area contributed by atoms with Crippen LogP contribution in [0.4, 0.5) is 11.5 Å². The highest BCUT2D eigenvalue weighted by molar-refractivity contribution is 5.50. The van der Waals surface area contributed by atoms with E-state index in [9.17, 15) is 0 Å². The molecule has 1 unspecified atom stereocenters. The van der Waals surface area contributed by atoms with Gasteiger partial charge in [0.05, 0.1) is 0 Å². The van der Waals surface area contributed by atoms with Gasteiger partial charge in [0.2, 0.25) is 0 Å². The van der Waals surface area contributed by atoms with Gasteiger partial charge in [-0.1, -0.05) is 25.1 Å². The average molecular weight is 336 g/mol. The van der Waals surface area contributed by atoms with Crippen LogP contribution in [0.5, 0.6) is 0 Å². The lowest BCUT2D eigenvalue weighted by Gasteiger charge is -2.39. The molecule has 0 saturated carbocycles. The number of likely N-dealkylation sites (N-methyl/N-ethyl adjacent to an activating group) is 1. The summed E-state index contributed by atoms with van der Waals surface area (Å²) in [6.45, 7) is 4.25. The van der Waals surface area contributed by atoms with Crippen LogP contribution < -0.4 is 9.80 Å². The second kappa shape index (κ2) is 6.70. The zero-order chi connectivity index (χ0) is 17.2. The van der Waals surface area contributed by atoms with Crippen LogP contribution in [0.1, 0.15) is 25.5 Å². The summed E-state index contributed by atoms with van der Waals surface area (Å²) in [6.07, 6.45) is 4.84. The highest BCUT2D eigenvalue weighted by Gasteiger charge is 2.25. The predicted molar refractivity (Wildman–Crippen MR) is 100 cm³/mol. The van der Waals surface area contributed by atoms with Crippen molar-refractivity contribution in [1.29, 1.82) is 0 Å². The van der Waals surface area contributed by atoms with Gasteiger partial charge in [0.25, 0.3) is 5.78 Å². The van der Waals surface area contributed by atoms with Crippen molar-refractivity contribution in [3.63, 3.8) is 0 Å². The zero-order valence-electron chi connectivity index (χ0n) is 14.8. The number of hydrogen-bond acceptors (Lipinski definition) is 5. The Morgan fingerprint density at radius 2 is 2.08 bits per heavy atom. The smallest absolute Gasteiger partial charge is 0.254 e. The number of benzene rings is 1. The highest BCUT2D eigenvalue weighted by Crippen LogP contribution is 2.25. The van der Waals surface area contributed by atoms with Crippen LogP contribution in [0.2, 0.25) is 0 Å². The minimum Gasteiger partial charge on any atom is -0.369 e. The van der Waals surface area contributed by atoms with Crippen molar-refractivity contribution in [1.82, 2.24) is 19.6 Å². The standard InChI is InChI=1S/C19H24N6/c1-3-15-12-18(25-19(22-15)20-14-21-25)23(2)17-10-7-11-24(13-17)16-8-5-4-6-9-16/h4-6,8-9,12,14,17H,3,7,10-11,13H2,1-2H3. The molecule has 0 N–H and O–H groups in total. The third-order valence-corrected chi connectivity index (χ3v) is 5.08. The number of hydrogen-bond donors (Lipinski definition) is 0. The number of rotatable bonds is 4. The van der Waals surface area contributed by atoms with Gasteiger partial charge < -0.3 is 9.80 Å². The van der Waals surface area contributed by atoms with Crippen LogP contribution in [0.3, 0.4) is 0 Å². The van der Waals surface area contributed by atoms with Crippen molar-refractivity contribution < 1.29 is 0 Å². The van der Waals surface area contributed by atoms with Gasteiger partial charge in [-0.2, -0.15) is 14.6 Å². The van der Waals surface area contributed by atoms with E-state index in [4.69, 9.17) is 0 Å². The lowest BCUT2D eigenvalue weighted by atomic mass is 10.0. The van der Waals surface area contributed by atoms with E-state index in [1.807, 2.05) is 4.52 Å². The molecule has 130 valence electrons. The lowest BCUT2D eigenvalue weighted by Crippen LogP contribution is -2.47. The van der Waals surface area contributed by atoms with Crippen molar-refractivity contribution in [2.75, 3.05) is 29.9 Å². The third-order valence-electron chi connectivity index (χ3n) is 5.08. The maximum Gasteiger partial charge on any atom is 0.254 e. The lowest BCUT2D eigenvalue weighted by molar-refractivity contribution is 0.483. The Morgan fingerprint density at radius 1 is 1.24 bits per heavy atom. The molecule has 3 heterocycles. The van der Waals surface area contributed by atoms with E-state index < -0.39 is 0 Å². The molecule has 6 nitrogen and oxygen atoms in total. The summed E-state index contributed by atoms with van der Waals surface area (Å²) in [5, 5.41) is 4.37. The summed E-state index contributed by atoms with van der Waals surface area (Å²) < 4.78 is 1.85. The largest absolute Gasteiger partial charge is 0.369 e. The molecule has 1 atom stereocenters. The fourth-order valence-electron chi connectivity index (χ4n) is 3.61. The van der Waals surface area contributed by atoms with Gasteiger partial charge in [-0.25, -0.2) is 4.98 Å². The number of piperidine rings is 1. The number of anilines is 2. The molecule has 1 aliphatic heterocycles. The van der Waals surface area contributed by atoms with Crippen LogP contribution in [0.25, 0.3) is 5.78 Å². The van der Waals surface area contributed by atoms with Gasteiger partial charge >= 0.3 is 0 Å². The predicted octanol–water partition coefficient (Wildman–Crippen LogP) is 2.79. The Labute approximate surface area is 148 Å². The summed E-state index contributed by atoms with van der Waals surface area (Å²) in [5.41, 5.74) is 2.36. The summed E-state index contributed by atoms with van der Waals surface area (Å²) >= 11 is 0. The summed E-state index contributed by atoms with van der Waals surface area (Å²) in [7, 11) is 2.16. The first-order chi connectivity index (χ1) is 12.3. The molecule has 4 rings (SSSR count). The maximum atomic E-state index is 4.56. The van der Waals surface area contributed by atoms with Gasteiger partial charge in [0.15, 0.2) is 0 Å². The molecule has 1 aliphatic rings. The normalized spacial score (nSPS) is 17.8. The monoisotopic (exact) mass is 336 g/mol. The van der Waals surface area contributed by atoms with Crippen molar-refractivity contribution in [2.24, 2.45) is 0 Å². The second-order valence-electron chi connectivity index (χ2n) is 6.62. The minimum atomic E-state index is 0.438. The maximum absolute atomic E-state index is 4.56. The summed E-state index contributed by atoms with van der Waals surface area (Å²) in [4.78, 5) is 13.7. The second-order valence-corrected chi connectivity index (χ2v) is 6.62. The Balaban J connectivity index is 1.62. The van der Waals surface area contributed by atoms with Gasteiger partial charge in [0.1, 0.15) is 12.1 Å².